The van der Waals surface area contributed by atoms with Crippen LogP contribution < -0.4 is 5.32 Å². The summed E-state index contributed by atoms with van der Waals surface area (Å²) in [6.45, 7) is 8.34. The van der Waals surface area contributed by atoms with Crippen LogP contribution in [0.1, 0.15) is 44.5 Å². The standard InChI is InChI=1S/C18H20N4OS/c1-12(13-5-6-24-10-13)7-14-9-19-16-8-15(18(2,3)4)21-22(16)17(14)20-11-23/h5-11H,1-4H3,(H,20,23)/b12-7+. The number of thiophene rings is 1. The van der Waals surface area contributed by atoms with E-state index in [1.165, 1.54) is 0 Å². The number of fused-ring (bicyclic) bond motifs is 1. The third-order valence-corrected chi connectivity index (χ3v) is 4.51. The van der Waals surface area contributed by atoms with Crippen LogP contribution in [0, 0.1) is 0 Å². The molecule has 0 spiro atoms. The first-order valence-corrected chi connectivity index (χ1v) is 8.65. The van der Waals surface area contributed by atoms with E-state index in [0.717, 1.165) is 28.0 Å². The van der Waals surface area contributed by atoms with Crippen molar-refractivity contribution < 1.29 is 4.79 Å². The maximum Gasteiger partial charge on any atom is 0.212 e. The van der Waals surface area contributed by atoms with E-state index in [2.05, 4.69) is 47.6 Å². The summed E-state index contributed by atoms with van der Waals surface area (Å²) < 4.78 is 1.70. The van der Waals surface area contributed by atoms with Crippen molar-refractivity contribution in [1.29, 1.82) is 0 Å². The average molecular weight is 340 g/mol. The molecule has 3 aromatic heterocycles. The molecule has 0 atom stereocenters. The van der Waals surface area contributed by atoms with Gasteiger partial charge in [0.05, 0.1) is 5.69 Å². The van der Waals surface area contributed by atoms with Gasteiger partial charge in [-0.2, -0.15) is 21.0 Å². The molecule has 0 bridgehead atoms. The lowest BCUT2D eigenvalue weighted by molar-refractivity contribution is -0.105. The van der Waals surface area contributed by atoms with E-state index in [0.29, 0.717) is 12.2 Å². The van der Waals surface area contributed by atoms with Crippen LogP contribution in [0.25, 0.3) is 17.3 Å². The predicted molar refractivity (Wildman–Crippen MR) is 99.2 cm³/mol. The normalized spacial score (nSPS) is 12.6. The zero-order chi connectivity index (χ0) is 17.3. The summed E-state index contributed by atoms with van der Waals surface area (Å²) in [7, 11) is 0. The summed E-state index contributed by atoms with van der Waals surface area (Å²) in [5.41, 5.74) is 4.65. The molecule has 0 aliphatic rings. The van der Waals surface area contributed by atoms with Gasteiger partial charge < -0.3 is 5.32 Å². The molecule has 0 radical (unpaired) electrons. The summed E-state index contributed by atoms with van der Waals surface area (Å²) >= 11 is 1.66. The van der Waals surface area contributed by atoms with Gasteiger partial charge in [-0.3, -0.25) is 4.79 Å². The number of nitrogens with zero attached hydrogens (tertiary/aromatic N) is 3. The number of allylic oxidation sites excluding steroid dienone is 1. The quantitative estimate of drug-likeness (QED) is 0.724. The summed E-state index contributed by atoms with van der Waals surface area (Å²) in [4.78, 5) is 15.6. The van der Waals surface area contributed by atoms with Crippen LogP contribution in [0.2, 0.25) is 0 Å². The molecular weight excluding hydrogens is 320 g/mol. The lowest BCUT2D eigenvalue weighted by Gasteiger charge is -2.13. The van der Waals surface area contributed by atoms with Gasteiger partial charge in [0.1, 0.15) is 5.82 Å². The molecule has 0 aliphatic heterocycles. The van der Waals surface area contributed by atoms with E-state index in [-0.39, 0.29) is 5.41 Å². The number of carbonyl (C=O) groups excluding carboxylic acids is 1. The van der Waals surface area contributed by atoms with Crippen molar-refractivity contribution >= 4 is 40.9 Å². The Balaban J connectivity index is 2.16. The Morgan fingerprint density at radius 1 is 1.38 bits per heavy atom. The molecule has 124 valence electrons. The summed E-state index contributed by atoms with van der Waals surface area (Å²) in [6.07, 6.45) is 4.45. The Kier molecular flexibility index (Phi) is 4.24. The minimum absolute atomic E-state index is 0.0885. The van der Waals surface area contributed by atoms with Crippen LogP contribution in [0.5, 0.6) is 0 Å². The Morgan fingerprint density at radius 2 is 2.17 bits per heavy atom. The fraction of sp³-hybridized carbons (Fsp3) is 0.278. The lowest BCUT2D eigenvalue weighted by atomic mass is 9.93. The third kappa shape index (κ3) is 3.10. The second-order valence-corrected chi connectivity index (χ2v) is 7.49. The van der Waals surface area contributed by atoms with Gasteiger partial charge in [0.25, 0.3) is 0 Å². The van der Waals surface area contributed by atoms with Crippen LogP contribution in [-0.2, 0) is 10.2 Å². The van der Waals surface area contributed by atoms with Gasteiger partial charge in [0, 0.05) is 23.2 Å². The van der Waals surface area contributed by atoms with E-state index in [4.69, 9.17) is 0 Å². The minimum Gasteiger partial charge on any atom is -0.313 e. The SMILES string of the molecule is C/C(=C\c1cnc2cc(C(C)(C)C)nn2c1NC=O)c1ccsc1. The van der Waals surface area contributed by atoms with E-state index in [9.17, 15) is 4.79 Å². The van der Waals surface area contributed by atoms with Crippen molar-refractivity contribution in [1.82, 2.24) is 14.6 Å². The van der Waals surface area contributed by atoms with Crippen molar-refractivity contribution in [2.75, 3.05) is 5.32 Å². The van der Waals surface area contributed by atoms with Crippen molar-refractivity contribution in [2.24, 2.45) is 0 Å². The highest BCUT2D eigenvalue weighted by molar-refractivity contribution is 7.08. The van der Waals surface area contributed by atoms with E-state index < -0.39 is 0 Å². The summed E-state index contributed by atoms with van der Waals surface area (Å²) in [5.74, 6) is 0.625. The van der Waals surface area contributed by atoms with E-state index in [1.807, 2.05) is 24.4 Å². The first kappa shape index (κ1) is 16.4. The third-order valence-electron chi connectivity index (χ3n) is 3.82. The Morgan fingerprint density at radius 3 is 2.79 bits per heavy atom. The number of carbonyl (C=O) groups is 1. The first-order chi connectivity index (χ1) is 11.4. The smallest absolute Gasteiger partial charge is 0.212 e. The highest BCUT2D eigenvalue weighted by atomic mass is 32.1. The number of nitrogens with one attached hydrogen (secondary N) is 1. The topological polar surface area (TPSA) is 59.3 Å². The Bertz CT molecular complexity index is 901. The number of rotatable bonds is 4. The lowest BCUT2D eigenvalue weighted by Crippen LogP contribution is -2.12. The van der Waals surface area contributed by atoms with E-state index in [1.54, 1.807) is 22.0 Å². The van der Waals surface area contributed by atoms with Crippen molar-refractivity contribution in [2.45, 2.75) is 33.1 Å². The van der Waals surface area contributed by atoms with Crippen molar-refractivity contribution in [3.05, 3.63) is 45.9 Å². The molecule has 0 aliphatic carbocycles. The van der Waals surface area contributed by atoms with Crippen molar-refractivity contribution in [3.63, 3.8) is 0 Å². The molecule has 24 heavy (non-hydrogen) atoms. The molecule has 0 aromatic carbocycles. The largest absolute Gasteiger partial charge is 0.313 e. The Labute approximate surface area is 145 Å². The number of anilines is 1. The number of amides is 1. The minimum atomic E-state index is -0.0885. The van der Waals surface area contributed by atoms with Crippen LogP contribution in [0.3, 0.4) is 0 Å². The van der Waals surface area contributed by atoms with Gasteiger partial charge in [-0.15, -0.1) is 0 Å². The van der Waals surface area contributed by atoms with Gasteiger partial charge in [-0.05, 0) is 41.0 Å². The average Bonchev–Trinajstić information content (AvgIpc) is 3.17. The first-order valence-electron chi connectivity index (χ1n) is 7.70. The number of hydrogen-bond acceptors (Lipinski definition) is 4. The zero-order valence-corrected chi connectivity index (χ0v) is 15.0. The highest BCUT2D eigenvalue weighted by Crippen LogP contribution is 2.27. The second kappa shape index (κ2) is 6.20. The van der Waals surface area contributed by atoms with Crippen LogP contribution >= 0.6 is 11.3 Å². The van der Waals surface area contributed by atoms with Gasteiger partial charge in [-0.25, -0.2) is 4.98 Å². The molecule has 0 unspecified atom stereocenters. The van der Waals surface area contributed by atoms with Gasteiger partial charge >= 0.3 is 0 Å². The zero-order valence-electron chi connectivity index (χ0n) is 14.2. The molecule has 1 amide bonds. The fourth-order valence-corrected chi connectivity index (χ4v) is 3.14. The van der Waals surface area contributed by atoms with Crippen LogP contribution in [-0.4, -0.2) is 21.0 Å². The van der Waals surface area contributed by atoms with Crippen LogP contribution in [0.4, 0.5) is 5.82 Å². The van der Waals surface area contributed by atoms with Crippen LogP contribution in [0.15, 0.2) is 29.1 Å². The monoisotopic (exact) mass is 340 g/mol. The second-order valence-electron chi connectivity index (χ2n) is 6.71. The molecule has 0 fully saturated rings. The molecule has 3 aromatic rings. The molecule has 0 saturated heterocycles. The maximum atomic E-state index is 11.1. The van der Waals surface area contributed by atoms with E-state index >= 15 is 0 Å². The molecular formula is C18H20N4OS. The molecule has 0 saturated carbocycles. The molecule has 3 heterocycles. The van der Waals surface area contributed by atoms with Gasteiger partial charge in [-0.1, -0.05) is 20.8 Å². The Hall–Kier alpha value is -2.47. The molecule has 6 heteroatoms. The number of aromatic nitrogens is 3. The van der Waals surface area contributed by atoms with Gasteiger partial charge in [0.15, 0.2) is 5.65 Å². The molecule has 5 nitrogen and oxygen atoms in total. The molecule has 1 N–H and O–H groups in total. The maximum absolute atomic E-state index is 11.1. The fourth-order valence-electron chi connectivity index (χ4n) is 2.42. The summed E-state index contributed by atoms with van der Waals surface area (Å²) in [5, 5.41) is 11.5. The van der Waals surface area contributed by atoms with Gasteiger partial charge in [0.2, 0.25) is 6.41 Å². The summed E-state index contributed by atoms with van der Waals surface area (Å²) in [6, 6.07) is 4.02. The number of hydrogen-bond donors (Lipinski definition) is 1. The molecule has 3 rings (SSSR count). The predicted octanol–water partition coefficient (Wildman–Crippen LogP) is 4.22. The van der Waals surface area contributed by atoms with Crippen molar-refractivity contribution in [3.8, 4) is 0 Å². The highest BCUT2D eigenvalue weighted by Gasteiger charge is 2.20.